The molecule has 2 aliphatic heterocycles. The Morgan fingerprint density at radius 3 is 2.65 bits per heavy atom. The molecule has 2 atom stereocenters. The van der Waals surface area contributed by atoms with E-state index in [0.717, 1.165) is 16.5 Å². The average Bonchev–Trinajstić information content (AvgIpc) is 3.18. The first-order valence-electron chi connectivity index (χ1n) is 11.4. The second-order valence-electron chi connectivity index (χ2n) is 8.48. The van der Waals surface area contributed by atoms with Crippen LogP contribution in [0.3, 0.4) is 0 Å². The number of carbonyl (C=O) groups excluding carboxylic acids is 1. The molecule has 34 heavy (non-hydrogen) atoms. The molecule has 1 N–H and O–H groups in total. The summed E-state index contributed by atoms with van der Waals surface area (Å²) in [6, 6.07) is 11.4. The molecule has 0 radical (unpaired) electrons. The van der Waals surface area contributed by atoms with Gasteiger partial charge in [0.1, 0.15) is 6.61 Å². The molecule has 1 aromatic carbocycles. The SMILES string of the molecule is CCN(CC)P(=O)(O)O[C@]1(CC)C(=O)OCc2c1cc1n(c2=O)Cc2cc3ccccc3nc2-1. The van der Waals surface area contributed by atoms with Crippen LogP contribution < -0.4 is 5.56 Å². The normalized spacial score (nSPS) is 20.6. The van der Waals surface area contributed by atoms with Crippen molar-refractivity contribution in [1.82, 2.24) is 14.2 Å². The van der Waals surface area contributed by atoms with Crippen molar-refractivity contribution in [2.24, 2.45) is 0 Å². The first kappa shape index (κ1) is 22.9. The number of esters is 1. The maximum Gasteiger partial charge on any atom is 0.406 e. The van der Waals surface area contributed by atoms with E-state index in [2.05, 4.69) is 0 Å². The zero-order valence-electron chi connectivity index (χ0n) is 19.3. The van der Waals surface area contributed by atoms with Crippen molar-refractivity contribution in [2.45, 2.75) is 45.9 Å². The van der Waals surface area contributed by atoms with E-state index in [9.17, 15) is 19.0 Å². The molecule has 10 heteroatoms. The van der Waals surface area contributed by atoms with Gasteiger partial charge >= 0.3 is 13.7 Å². The van der Waals surface area contributed by atoms with Crippen LogP contribution in [-0.4, -0.2) is 38.2 Å². The number of para-hydroxylation sites is 1. The summed E-state index contributed by atoms with van der Waals surface area (Å²) in [5.41, 5.74) is 1.21. The number of fused-ring (bicyclic) bond motifs is 5. The Morgan fingerprint density at radius 1 is 1.21 bits per heavy atom. The molecule has 0 saturated carbocycles. The van der Waals surface area contributed by atoms with E-state index in [1.54, 1.807) is 31.4 Å². The van der Waals surface area contributed by atoms with Crippen LogP contribution in [0.4, 0.5) is 0 Å². The predicted molar refractivity (Wildman–Crippen MR) is 126 cm³/mol. The van der Waals surface area contributed by atoms with Gasteiger partial charge in [-0.3, -0.25) is 9.32 Å². The fourth-order valence-corrected chi connectivity index (χ4v) is 6.44. The Bertz CT molecular complexity index is 1430. The fraction of sp³-hybridized carbons (Fsp3) is 0.375. The quantitative estimate of drug-likeness (QED) is 0.328. The molecule has 3 aromatic rings. The third kappa shape index (κ3) is 3.26. The molecule has 0 amide bonds. The first-order valence-corrected chi connectivity index (χ1v) is 12.9. The van der Waals surface area contributed by atoms with E-state index >= 15 is 0 Å². The molecule has 2 aromatic heterocycles. The Morgan fingerprint density at radius 2 is 1.94 bits per heavy atom. The number of ether oxygens (including phenoxy) is 1. The number of hydrogen-bond donors (Lipinski definition) is 1. The molecule has 9 nitrogen and oxygen atoms in total. The van der Waals surface area contributed by atoms with Crippen molar-refractivity contribution in [2.75, 3.05) is 13.1 Å². The Balaban J connectivity index is 1.72. The van der Waals surface area contributed by atoms with Gasteiger partial charge in [-0.25, -0.2) is 19.0 Å². The van der Waals surface area contributed by atoms with Crippen LogP contribution in [0.5, 0.6) is 0 Å². The van der Waals surface area contributed by atoms with E-state index in [0.29, 0.717) is 17.9 Å². The van der Waals surface area contributed by atoms with Gasteiger partial charge in [0.15, 0.2) is 0 Å². The first-order chi connectivity index (χ1) is 16.3. The maximum absolute atomic E-state index is 13.5. The topological polar surface area (TPSA) is 111 Å². The minimum absolute atomic E-state index is 0.0194. The van der Waals surface area contributed by atoms with Crippen molar-refractivity contribution in [1.29, 1.82) is 0 Å². The van der Waals surface area contributed by atoms with Crippen LogP contribution in [0.15, 0.2) is 41.2 Å². The zero-order valence-corrected chi connectivity index (χ0v) is 20.2. The van der Waals surface area contributed by atoms with Gasteiger partial charge in [-0.05, 0) is 24.6 Å². The average molecular weight is 483 g/mol. The number of pyridine rings is 2. The molecular formula is C24H26N3O6P. The van der Waals surface area contributed by atoms with Crippen molar-refractivity contribution >= 4 is 24.6 Å². The Kier molecular flexibility index (Phi) is 5.48. The monoisotopic (exact) mass is 483 g/mol. The highest BCUT2D eigenvalue weighted by Crippen LogP contribution is 2.55. The molecule has 0 bridgehead atoms. The molecule has 0 spiro atoms. The largest absolute Gasteiger partial charge is 0.458 e. The van der Waals surface area contributed by atoms with E-state index in [-0.39, 0.29) is 42.8 Å². The highest BCUT2D eigenvalue weighted by molar-refractivity contribution is 7.50. The molecule has 0 saturated heterocycles. The van der Waals surface area contributed by atoms with Crippen LogP contribution in [0, 0.1) is 0 Å². The summed E-state index contributed by atoms with van der Waals surface area (Å²) in [5.74, 6) is -0.780. The van der Waals surface area contributed by atoms with Crippen molar-refractivity contribution in [3.8, 4) is 11.4 Å². The van der Waals surface area contributed by atoms with Gasteiger partial charge in [-0.15, -0.1) is 0 Å². The van der Waals surface area contributed by atoms with Gasteiger partial charge in [0, 0.05) is 29.6 Å². The zero-order chi connectivity index (χ0) is 24.3. The number of carbonyl (C=O) groups is 1. The summed E-state index contributed by atoms with van der Waals surface area (Å²) in [7, 11) is -4.37. The van der Waals surface area contributed by atoms with E-state index in [4.69, 9.17) is 14.2 Å². The third-order valence-electron chi connectivity index (χ3n) is 6.75. The minimum Gasteiger partial charge on any atom is -0.458 e. The molecule has 5 rings (SSSR count). The smallest absolute Gasteiger partial charge is 0.406 e. The molecule has 0 fully saturated rings. The number of rotatable bonds is 6. The molecule has 1 unspecified atom stereocenters. The van der Waals surface area contributed by atoms with Crippen molar-refractivity contribution in [3.63, 3.8) is 0 Å². The molecule has 2 aliphatic rings. The van der Waals surface area contributed by atoms with Gasteiger partial charge in [-0.1, -0.05) is 39.0 Å². The van der Waals surface area contributed by atoms with Crippen LogP contribution in [0.2, 0.25) is 0 Å². The lowest BCUT2D eigenvalue weighted by Crippen LogP contribution is -2.46. The second kappa shape index (κ2) is 8.13. The molecule has 0 aliphatic carbocycles. The van der Waals surface area contributed by atoms with E-state index in [1.165, 1.54) is 4.67 Å². The van der Waals surface area contributed by atoms with Gasteiger partial charge < -0.3 is 14.2 Å². The molecule has 4 heterocycles. The van der Waals surface area contributed by atoms with Gasteiger partial charge in [0.25, 0.3) is 5.56 Å². The molecular weight excluding hydrogens is 457 g/mol. The van der Waals surface area contributed by atoms with E-state index < -0.39 is 19.3 Å². The number of aromatic nitrogens is 2. The number of nitrogens with zero attached hydrogens (tertiary/aromatic N) is 3. The fourth-order valence-electron chi connectivity index (χ4n) is 4.91. The summed E-state index contributed by atoms with van der Waals surface area (Å²) < 4.78 is 27.2. The van der Waals surface area contributed by atoms with Gasteiger partial charge in [0.2, 0.25) is 5.60 Å². The second-order valence-corrected chi connectivity index (χ2v) is 10.2. The number of cyclic esters (lactones) is 1. The third-order valence-corrected chi connectivity index (χ3v) is 8.58. The standard InChI is InChI=1S/C24H26N3O6P/c1-4-24(33-34(30,31)26(5-2)6-3)18-12-20-21-16(11-15-9-7-8-10-19(15)25-21)13-27(20)22(28)17(18)14-32-23(24)29/h7-12H,4-6,13-14H2,1-3H3,(H,30,31)/t24-/m0/s1. The van der Waals surface area contributed by atoms with Gasteiger partial charge in [0.05, 0.1) is 29.0 Å². The number of benzene rings is 1. The van der Waals surface area contributed by atoms with Crippen LogP contribution in [0.25, 0.3) is 22.3 Å². The lowest BCUT2D eigenvalue weighted by atomic mass is 9.86. The van der Waals surface area contributed by atoms with E-state index in [1.807, 2.05) is 30.3 Å². The predicted octanol–water partition coefficient (Wildman–Crippen LogP) is 3.55. The maximum atomic E-state index is 13.5. The van der Waals surface area contributed by atoms with Crippen LogP contribution >= 0.6 is 7.75 Å². The Hall–Kier alpha value is -2.84. The lowest BCUT2D eigenvalue weighted by molar-refractivity contribution is -0.170. The molecule has 178 valence electrons. The summed E-state index contributed by atoms with van der Waals surface area (Å²) >= 11 is 0. The van der Waals surface area contributed by atoms with Crippen molar-refractivity contribution in [3.05, 3.63) is 63.4 Å². The minimum atomic E-state index is -4.37. The lowest BCUT2D eigenvalue weighted by Gasteiger charge is -2.38. The van der Waals surface area contributed by atoms with Crippen LogP contribution in [-0.2, 0) is 37.4 Å². The Labute approximate surface area is 196 Å². The summed E-state index contributed by atoms with van der Waals surface area (Å²) in [4.78, 5) is 42.2. The van der Waals surface area contributed by atoms with Crippen LogP contribution in [0.1, 0.15) is 43.9 Å². The van der Waals surface area contributed by atoms with Gasteiger partial charge in [-0.2, -0.15) is 0 Å². The number of hydrogen-bond acceptors (Lipinski definition) is 6. The summed E-state index contributed by atoms with van der Waals surface area (Å²) in [6.07, 6.45) is 0.0194. The summed E-state index contributed by atoms with van der Waals surface area (Å²) in [5, 5.41) is 0.969. The highest BCUT2D eigenvalue weighted by Gasteiger charge is 2.53. The van der Waals surface area contributed by atoms with Crippen molar-refractivity contribution < 1.29 is 23.5 Å². The summed E-state index contributed by atoms with van der Waals surface area (Å²) in [6.45, 7) is 5.77. The highest BCUT2D eigenvalue weighted by atomic mass is 31.2.